The van der Waals surface area contributed by atoms with Crippen LogP contribution < -0.4 is 0 Å². The van der Waals surface area contributed by atoms with Crippen LogP contribution >= 0.6 is 15.9 Å². The molecule has 0 radical (unpaired) electrons. The number of hydrogen-bond donors (Lipinski definition) is 0. The molecule has 1 saturated heterocycles. The van der Waals surface area contributed by atoms with Gasteiger partial charge < -0.3 is 9.61 Å². The SMILES string of the molecule is O=CBN1CCC(=CBr)CC1. The second-order valence-electron chi connectivity index (χ2n) is 2.73. The second-order valence-corrected chi connectivity index (χ2v) is 3.19. The van der Waals surface area contributed by atoms with E-state index in [0.29, 0.717) is 7.41 Å². The normalized spacial score (nSPS) is 19.5. The predicted molar refractivity (Wildman–Crippen MR) is 51.7 cm³/mol. The van der Waals surface area contributed by atoms with Crippen LogP contribution in [0.25, 0.3) is 0 Å². The van der Waals surface area contributed by atoms with Crippen molar-refractivity contribution >= 4 is 29.5 Å². The first-order chi connectivity index (χ1) is 5.36. The Kier molecular flexibility index (Phi) is 3.87. The van der Waals surface area contributed by atoms with Gasteiger partial charge in [0.2, 0.25) is 0 Å². The molecule has 0 aromatic rings. The molecule has 60 valence electrons. The molecule has 1 heterocycles. The molecule has 0 aliphatic carbocycles. The fourth-order valence-corrected chi connectivity index (χ4v) is 1.70. The zero-order chi connectivity index (χ0) is 8.10. The molecule has 0 N–H and O–H groups in total. The maximum Gasteiger partial charge on any atom is 0.281 e. The zero-order valence-electron chi connectivity index (χ0n) is 6.42. The van der Waals surface area contributed by atoms with Gasteiger partial charge in [-0.25, -0.2) is 0 Å². The molecule has 0 amide bonds. The standard InChI is InChI=1S/C7H11BBrNO/c9-5-7-1-3-10(4-2-7)8-6-11/h5-6,8H,1-4H2. The van der Waals surface area contributed by atoms with E-state index in [2.05, 4.69) is 20.7 Å². The van der Waals surface area contributed by atoms with E-state index in [1.807, 2.05) is 4.99 Å². The van der Waals surface area contributed by atoms with Gasteiger partial charge in [0.25, 0.3) is 7.41 Å². The van der Waals surface area contributed by atoms with Crippen LogP contribution in [-0.4, -0.2) is 31.5 Å². The monoisotopic (exact) mass is 215 g/mol. The van der Waals surface area contributed by atoms with Gasteiger partial charge in [-0.15, -0.1) is 0 Å². The van der Waals surface area contributed by atoms with Crippen molar-refractivity contribution in [2.75, 3.05) is 13.1 Å². The molecule has 1 aliphatic heterocycles. The molecule has 1 fully saturated rings. The fraction of sp³-hybridized carbons (Fsp3) is 0.571. The van der Waals surface area contributed by atoms with Crippen molar-refractivity contribution < 1.29 is 4.79 Å². The Hall–Kier alpha value is -0.0851. The molecule has 11 heavy (non-hydrogen) atoms. The van der Waals surface area contributed by atoms with Crippen molar-refractivity contribution in [2.45, 2.75) is 12.8 Å². The Morgan fingerprint density at radius 2 is 2.09 bits per heavy atom. The van der Waals surface area contributed by atoms with E-state index in [4.69, 9.17) is 0 Å². The third-order valence-corrected chi connectivity index (χ3v) is 2.63. The third-order valence-electron chi connectivity index (χ3n) is 1.99. The molecule has 0 bridgehead atoms. The van der Waals surface area contributed by atoms with Gasteiger partial charge in [0, 0.05) is 0 Å². The minimum atomic E-state index is 0.593. The zero-order valence-corrected chi connectivity index (χ0v) is 8.01. The number of piperidine rings is 1. The first kappa shape index (κ1) is 9.01. The summed E-state index contributed by atoms with van der Waals surface area (Å²) in [5, 5.41) is 0. The van der Waals surface area contributed by atoms with Crippen LogP contribution in [0, 0.1) is 0 Å². The minimum Gasteiger partial charge on any atom is -0.338 e. The maximum absolute atomic E-state index is 10.2. The van der Waals surface area contributed by atoms with Gasteiger partial charge in [0.15, 0.2) is 0 Å². The van der Waals surface area contributed by atoms with E-state index in [1.54, 1.807) is 0 Å². The van der Waals surface area contributed by atoms with E-state index in [9.17, 15) is 4.79 Å². The van der Waals surface area contributed by atoms with Crippen LogP contribution in [0.15, 0.2) is 10.6 Å². The fourth-order valence-electron chi connectivity index (χ4n) is 1.24. The van der Waals surface area contributed by atoms with Gasteiger partial charge in [0.1, 0.15) is 0 Å². The van der Waals surface area contributed by atoms with Crippen LogP contribution in [0.1, 0.15) is 12.8 Å². The van der Waals surface area contributed by atoms with Gasteiger partial charge in [-0.1, -0.05) is 21.5 Å². The van der Waals surface area contributed by atoms with Crippen molar-refractivity contribution in [3.63, 3.8) is 0 Å². The Morgan fingerprint density at radius 1 is 1.45 bits per heavy atom. The van der Waals surface area contributed by atoms with Gasteiger partial charge in [-0.05, 0) is 30.9 Å². The Morgan fingerprint density at radius 3 is 2.55 bits per heavy atom. The highest BCUT2D eigenvalue weighted by Gasteiger charge is 2.12. The highest BCUT2D eigenvalue weighted by molar-refractivity contribution is 9.11. The van der Waals surface area contributed by atoms with Crippen molar-refractivity contribution in [1.82, 2.24) is 4.81 Å². The molecule has 0 aromatic heterocycles. The lowest BCUT2D eigenvalue weighted by atomic mass is 9.90. The van der Waals surface area contributed by atoms with Gasteiger partial charge in [-0.2, -0.15) is 0 Å². The molecule has 0 unspecified atom stereocenters. The number of carbonyl (C=O) groups is 1. The summed E-state index contributed by atoms with van der Waals surface area (Å²) >= 11 is 3.32. The summed E-state index contributed by atoms with van der Waals surface area (Å²) in [6.45, 7) is 2.05. The summed E-state index contributed by atoms with van der Waals surface area (Å²) in [6, 6.07) is 0. The molecular weight excluding hydrogens is 205 g/mol. The van der Waals surface area contributed by atoms with E-state index < -0.39 is 0 Å². The van der Waals surface area contributed by atoms with Gasteiger partial charge in [0.05, 0.1) is 6.19 Å². The largest absolute Gasteiger partial charge is 0.338 e. The predicted octanol–water partition coefficient (Wildman–Crippen LogP) is 0.903. The van der Waals surface area contributed by atoms with Crippen molar-refractivity contribution in [3.8, 4) is 0 Å². The quantitative estimate of drug-likeness (QED) is 0.504. The maximum atomic E-state index is 10.2. The van der Waals surface area contributed by atoms with Crippen LogP contribution in [0.4, 0.5) is 0 Å². The Labute approximate surface area is 76.0 Å². The highest BCUT2D eigenvalue weighted by Crippen LogP contribution is 2.15. The average Bonchev–Trinajstić information content (AvgIpc) is 2.07. The number of carbonyl (C=O) groups excluding carboxylic acids is 1. The lowest BCUT2D eigenvalue weighted by Crippen LogP contribution is -2.34. The average molecular weight is 216 g/mol. The van der Waals surface area contributed by atoms with Gasteiger partial charge in [-0.3, -0.25) is 0 Å². The Balaban J connectivity index is 2.29. The summed E-state index contributed by atoms with van der Waals surface area (Å²) in [6.07, 6.45) is 3.17. The summed E-state index contributed by atoms with van der Waals surface area (Å²) in [7, 11) is 0.593. The topological polar surface area (TPSA) is 20.3 Å². The molecule has 1 rings (SSSR count). The van der Waals surface area contributed by atoms with Crippen molar-refractivity contribution in [3.05, 3.63) is 10.6 Å². The second kappa shape index (κ2) is 4.72. The molecule has 0 aromatic carbocycles. The van der Waals surface area contributed by atoms with Crippen LogP contribution in [0.5, 0.6) is 0 Å². The third kappa shape index (κ3) is 2.79. The van der Waals surface area contributed by atoms with Crippen LogP contribution in [0.3, 0.4) is 0 Å². The molecule has 0 spiro atoms. The first-order valence-corrected chi connectivity index (χ1v) is 4.72. The van der Waals surface area contributed by atoms with E-state index in [-0.39, 0.29) is 0 Å². The summed E-state index contributed by atoms with van der Waals surface area (Å²) in [4.78, 5) is 14.3. The Bertz CT molecular complexity index is 162. The lowest BCUT2D eigenvalue weighted by molar-refractivity contribution is 0.413. The summed E-state index contributed by atoms with van der Waals surface area (Å²) < 4.78 is 0. The molecule has 0 atom stereocenters. The van der Waals surface area contributed by atoms with Gasteiger partial charge >= 0.3 is 0 Å². The molecule has 1 aliphatic rings. The number of halogens is 1. The highest BCUT2D eigenvalue weighted by atomic mass is 79.9. The van der Waals surface area contributed by atoms with E-state index >= 15 is 0 Å². The number of rotatable bonds is 2. The summed E-state index contributed by atoms with van der Waals surface area (Å²) in [5.41, 5.74) is 1.45. The van der Waals surface area contributed by atoms with Crippen molar-refractivity contribution in [1.29, 1.82) is 0 Å². The molecule has 4 heteroatoms. The van der Waals surface area contributed by atoms with Crippen molar-refractivity contribution in [2.24, 2.45) is 0 Å². The van der Waals surface area contributed by atoms with Crippen LogP contribution in [-0.2, 0) is 4.79 Å². The van der Waals surface area contributed by atoms with E-state index in [0.717, 1.165) is 32.1 Å². The molecule has 2 nitrogen and oxygen atoms in total. The first-order valence-electron chi connectivity index (χ1n) is 3.81. The van der Waals surface area contributed by atoms with E-state index in [1.165, 1.54) is 5.57 Å². The lowest BCUT2D eigenvalue weighted by Gasteiger charge is -2.25. The smallest absolute Gasteiger partial charge is 0.281 e. The molecular formula is C7H11BBrNO. The number of hydrogen-bond acceptors (Lipinski definition) is 2. The minimum absolute atomic E-state index is 0.593. The summed E-state index contributed by atoms with van der Waals surface area (Å²) in [5.74, 6) is 0. The molecule has 0 saturated carbocycles. The van der Waals surface area contributed by atoms with Crippen LogP contribution in [0.2, 0.25) is 0 Å². The number of nitrogens with zero attached hydrogens (tertiary/aromatic N) is 1.